The largest absolute Gasteiger partial charge is 0.341 e. The summed E-state index contributed by atoms with van der Waals surface area (Å²) in [4.78, 5) is 2.45. The van der Waals surface area contributed by atoms with E-state index >= 15 is 0 Å². The minimum atomic E-state index is 0.230. The first-order valence-electron chi connectivity index (χ1n) is 7.46. The summed E-state index contributed by atoms with van der Waals surface area (Å²) in [6, 6.07) is 15.7. The van der Waals surface area contributed by atoms with Gasteiger partial charge >= 0.3 is 0 Å². The van der Waals surface area contributed by atoms with Crippen molar-refractivity contribution in [1.82, 2.24) is 0 Å². The van der Waals surface area contributed by atoms with E-state index in [0.29, 0.717) is 5.92 Å². The van der Waals surface area contributed by atoms with E-state index in [4.69, 9.17) is 5.73 Å². The Balaban J connectivity index is 1.83. The maximum absolute atomic E-state index is 6.29. The lowest BCUT2D eigenvalue weighted by molar-refractivity contribution is 0.557. The average molecular weight is 264 g/mol. The van der Waals surface area contributed by atoms with Crippen LogP contribution < -0.4 is 10.6 Å². The van der Waals surface area contributed by atoms with Gasteiger partial charge in [0.2, 0.25) is 0 Å². The van der Waals surface area contributed by atoms with Crippen LogP contribution in [0.3, 0.4) is 0 Å². The molecule has 4 rings (SSSR count). The van der Waals surface area contributed by atoms with Crippen LogP contribution in [0.5, 0.6) is 0 Å². The third-order valence-electron chi connectivity index (χ3n) is 4.80. The fourth-order valence-corrected chi connectivity index (χ4v) is 3.79. The van der Waals surface area contributed by atoms with Crippen molar-refractivity contribution in [3.63, 3.8) is 0 Å². The van der Waals surface area contributed by atoms with Crippen molar-refractivity contribution >= 4 is 11.4 Å². The van der Waals surface area contributed by atoms with Crippen LogP contribution in [-0.2, 0) is 0 Å². The van der Waals surface area contributed by atoms with Crippen LogP contribution in [0.2, 0.25) is 0 Å². The Morgan fingerprint density at radius 1 is 1.10 bits per heavy atom. The SMILES string of the molecule is Cc1ccc(N2CCC3CC(N)c4cccc2c43)cc1. The quantitative estimate of drug-likeness (QED) is 0.842. The van der Waals surface area contributed by atoms with Crippen LogP contribution in [0.4, 0.5) is 11.4 Å². The molecule has 0 saturated heterocycles. The van der Waals surface area contributed by atoms with Gasteiger partial charge in [-0.15, -0.1) is 0 Å². The van der Waals surface area contributed by atoms with Crippen LogP contribution in [0.1, 0.15) is 41.5 Å². The highest BCUT2D eigenvalue weighted by atomic mass is 15.1. The molecule has 0 radical (unpaired) electrons. The molecule has 0 spiro atoms. The van der Waals surface area contributed by atoms with E-state index in [1.165, 1.54) is 34.5 Å². The Labute approximate surface area is 120 Å². The van der Waals surface area contributed by atoms with E-state index in [1.54, 1.807) is 0 Å². The highest BCUT2D eigenvalue weighted by molar-refractivity contribution is 5.71. The third kappa shape index (κ3) is 1.68. The van der Waals surface area contributed by atoms with Crippen molar-refractivity contribution in [2.45, 2.75) is 31.7 Å². The fourth-order valence-electron chi connectivity index (χ4n) is 3.79. The summed E-state index contributed by atoms with van der Waals surface area (Å²) in [7, 11) is 0. The molecule has 2 aliphatic rings. The number of hydrogen-bond acceptors (Lipinski definition) is 2. The molecule has 1 aliphatic carbocycles. The lowest BCUT2D eigenvalue weighted by atomic mass is 9.91. The monoisotopic (exact) mass is 264 g/mol. The molecule has 2 aromatic rings. The van der Waals surface area contributed by atoms with Crippen molar-refractivity contribution in [3.05, 3.63) is 59.2 Å². The molecule has 0 fully saturated rings. The van der Waals surface area contributed by atoms with E-state index in [2.05, 4.69) is 54.3 Å². The first-order valence-corrected chi connectivity index (χ1v) is 7.46. The average Bonchev–Trinajstić information content (AvgIpc) is 2.79. The Kier molecular flexibility index (Phi) is 2.61. The van der Waals surface area contributed by atoms with Crippen LogP contribution in [0.15, 0.2) is 42.5 Å². The maximum atomic E-state index is 6.29. The molecule has 1 heterocycles. The first kappa shape index (κ1) is 12.0. The standard InChI is InChI=1S/C18H20N2/c1-12-5-7-14(8-6-12)20-10-9-13-11-16(19)15-3-2-4-17(20)18(13)15/h2-8,13,16H,9-11,19H2,1H3. The van der Waals surface area contributed by atoms with Gasteiger partial charge in [-0.25, -0.2) is 0 Å². The van der Waals surface area contributed by atoms with Crippen LogP contribution >= 0.6 is 0 Å². The van der Waals surface area contributed by atoms with E-state index < -0.39 is 0 Å². The highest BCUT2D eigenvalue weighted by Crippen LogP contribution is 2.50. The van der Waals surface area contributed by atoms with Crippen LogP contribution in [0, 0.1) is 6.92 Å². The van der Waals surface area contributed by atoms with E-state index in [-0.39, 0.29) is 6.04 Å². The van der Waals surface area contributed by atoms with Gasteiger partial charge in [0.05, 0.1) is 0 Å². The number of nitrogens with two attached hydrogens (primary N) is 1. The molecule has 2 N–H and O–H groups in total. The first-order chi connectivity index (χ1) is 9.74. The summed E-state index contributed by atoms with van der Waals surface area (Å²) in [5.74, 6) is 0.665. The van der Waals surface area contributed by atoms with Crippen molar-refractivity contribution in [2.24, 2.45) is 5.73 Å². The zero-order chi connectivity index (χ0) is 13.7. The topological polar surface area (TPSA) is 29.3 Å². The van der Waals surface area contributed by atoms with E-state index in [1.807, 2.05) is 0 Å². The molecule has 20 heavy (non-hydrogen) atoms. The molecule has 2 nitrogen and oxygen atoms in total. The zero-order valence-corrected chi connectivity index (χ0v) is 11.8. The smallest absolute Gasteiger partial charge is 0.0449 e. The van der Waals surface area contributed by atoms with E-state index in [9.17, 15) is 0 Å². The van der Waals surface area contributed by atoms with Gasteiger partial charge < -0.3 is 10.6 Å². The molecular formula is C18H20N2. The number of rotatable bonds is 1. The normalized spacial score (nSPS) is 23.8. The van der Waals surface area contributed by atoms with Crippen molar-refractivity contribution < 1.29 is 0 Å². The third-order valence-corrected chi connectivity index (χ3v) is 4.80. The number of aryl methyl sites for hydroxylation is 1. The predicted molar refractivity (Wildman–Crippen MR) is 83.5 cm³/mol. The summed E-state index contributed by atoms with van der Waals surface area (Å²) < 4.78 is 0. The van der Waals surface area contributed by atoms with E-state index in [0.717, 1.165) is 13.0 Å². The molecule has 0 bridgehead atoms. The molecule has 2 heteroatoms. The molecule has 0 aromatic heterocycles. The van der Waals surface area contributed by atoms with Gasteiger partial charge in [-0.05, 0) is 55.0 Å². The minimum Gasteiger partial charge on any atom is -0.341 e. The Morgan fingerprint density at radius 3 is 2.70 bits per heavy atom. The number of hydrogen-bond donors (Lipinski definition) is 1. The highest BCUT2D eigenvalue weighted by Gasteiger charge is 2.35. The lowest BCUT2D eigenvalue weighted by Gasteiger charge is -2.34. The molecule has 1 aliphatic heterocycles. The van der Waals surface area contributed by atoms with Gasteiger partial charge in [0.25, 0.3) is 0 Å². The lowest BCUT2D eigenvalue weighted by Crippen LogP contribution is -2.26. The van der Waals surface area contributed by atoms with Crippen LogP contribution in [0.25, 0.3) is 0 Å². The maximum Gasteiger partial charge on any atom is 0.0449 e. The summed E-state index contributed by atoms with van der Waals surface area (Å²) in [6.07, 6.45) is 2.33. The van der Waals surface area contributed by atoms with Gasteiger partial charge in [-0.2, -0.15) is 0 Å². The molecule has 0 amide bonds. The Bertz CT molecular complexity index is 645. The Morgan fingerprint density at radius 2 is 1.90 bits per heavy atom. The molecule has 2 aromatic carbocycles. The number of anilines is 2. The number of benzene rings is 2. The molecule has 2 unspecified atom stereocenters. The minimum absolute atomic E-state index is 0.230. The summed E-state index contributed by atoms with van der Waals surface area (Å²) in [5, 5.41) is 0. The second kappa shape index (κ2) is 4.35. The van der Waals surface area contributed by atoms with Gasteiger partial charge in [-0.1, -0.05) is 29.8 Å². The summed E-state index contributed by atoms with van der Waals surface area (Å²) in [5.41, 5.74) is 13.1. The van der Waals surface area contributed by atoms with Crippen LogP contribution in [-0.4, -0.2) is 6.54 Å². The molecule has 102 valence electrons. The van der Waals surface area contributed by atoms with Gasteiger partial charge in [0.1, 0.15) is 0 Å². The Hall–Kier alpha value is -1.80. The van der Waals surface area contributed by atoms with Crippen molar-refractivity contribution in [1.29, 1.82) is 0 Å². The van der Waals surface area contributed by atoms with Gasteiger partial charge in [0, 0.05) is 24.0 Å². The second-order valence-corrected chi connectivity index (χ2v) is 6.10. The second-order valence-electron chi connectivity index (χ2n) is 6.10. The van der Waals surface area contributed by atoms with Gasteiger partial charge in [-0.3, -0.25) is 0 Å². The van der Waals surface area contributed by atoms with Crippen molar-refractivity contribution in [3.8, 4) is 0 Å². The molecular weight excluding hydrogens is 244 g/mol. The predicted octanol–water partition coefficient (Wildman–Crippen LogP) is 4.02. The summed E-state index contributed by atoms with van der Waals surface area (Å²) >= 11 is 0. The number of nitrogens with zero attached hydrogens (tertiary/aromatic N) is 1. The molecule has 2 atom stereocenters. The van der Waals surface area contributed by atoms with Gasteiger partial charge in [0.15, 0.2) is 0 Å². The summed E-state index contributed by atoms with van der Waals surface area (Å²) in [6.45, 7) is 3.23. The molecule has 0 saturated carbocycles. The fraction of sp³-hybridized carbons (Fsp3) is 0.333. The zero-order valence-electron chi connectivity index (χ0n) is 11.8. The van der Waals surface area contributed by atoms with Crippen molar-refractivity contribution in [2.75, 3.05) is 11.4 Å².